The van der Waals surface area contributed by atoms with Gasteiger partial charge in [-0.3, -0.25) is 0 Å². The first-order valence-corrected chi connectivity index (χ1v) is 11.6. The SMILES string of the molecule is O=C(OCCC[NH+]1CCCCC1)N1c2ncccc2Sc2ccc3ccccc3c21.[Cl-]. The molecule has 0 radical (unpaired) electrons. The lowest BCUT2D eigenvalue weighted by Gasteiger charge is -2.30. The van der Waals surface area contributed by atoms with Crippen LogP contribution in [-0.4, -0.2) is 37.3 Å². The predicted octanol–water partition coefficient (Wildman–Crippen LogP) is 1.44. The lowest BCUT2D eigenvalue weighted by atomic mass is 10.1. The molecule has 2 aliphatic rings. The van der Waals surface area contributed by atoms with Crippen molar-refractivity contribution in [2.24, 2.45) is 0 Å². The molecule has 5 rings (SSSR count). The summed E-state index contributed by atoms with van der Waals surface area (Å²) in [5, 5.41) is 2.14. The molecular formula is C24H26ClN3O2S. The number of ether oxygens (including phenoxy) is 1. The smallest absolute Gasteiger partial charge is 0.420 e. The summed E-state index contributed by atoms with van der Waals surface area (Å²) in [7, 11) is 0. The fraction of sp³-hybridized carbons (Fsp3) is 0.333. The maximum Gasteiger partial charge on any atom is 0.420 e. The third-order valence-corrected chi connectivity index (χ3v) is 7.00. The largest absolute Gasteiger partial charge is 1.00 e. The summed E-state index contributed by atoms with van der Waals surface area (Å²) in [6, 6.07) is 16.2. The average Bonchev–Trinajstić information content (AvgIpc) is 2.80. The number of likely N-dealkylation sites (tertiary alicyclic amines) is 1. The van der Waals surface area contributed by atoms with E-state index in [0.29, 0.717) is 12.4 Å². The first kappa shape index (κ1) is 21.9. The highest BCUT2D eigenvalue weighted by molar-refractivity contribution is 7.99. The van der Waals surface area contributed by atoms with E-state index in [0.717, 1.165) is 39.2 Å². The van der Waals surface area contributed by atoms with Gasteiger partial charge in [-0.1, -0.05) is 42.1 Å². The van der Waals surface area contributed by atoms with Gasteiger partial charge in [-0.25, -0.2) is 14.7 Å². The van der Waals surface area contributed by atoms with Crippen molar-refractivity contribution in [1.29, 1.82) is 0 Å². The van der Waals surface area contributed by atoms with Gasteiger partial charge in [0.05, 0.1) is 36.8 Å². The Morgan fingerprint density at radius 1 is 1.03 bits per heavy atom. The van der Waals surface area contributed by atoms with E-state index < -0.39 is 0 Å². The van der Waals surface area contributed by atoms with Crippen LogP contribution >= 0.6 is 11.8 Å². The molecule has 3 aromatic rings. The first-order valence-electron chi connectivity index (χ1n) is 10.8. The van der Waals surface area contributed by atoms with Crippen molar-refractivity contribution in [3.63, 3.8) is 0 Å². The minimum absolute atomic E-state index is 0. The van der Waals surface area contributed by atoms with E-state index in [1.807, 2.05) is 24.3 Å². The number of quaternary nitrogens is 1. The molecule has 3 heterocycles. The number of benzene rings is 2. The molecule has 1 amide bonds. The van der Waals surface area contributed by atoms with Gasteiger partial charge >= 0.3 is 6.09 Å². The number of hydrogen-bond acceptors (Lipinski definition) is 4. The van der Waals surface area contributed by atoms with Gasteiger partial charge in [-0.05, 0) is 42.8 Å². The zero-order chi connectivity index (χ0) is 20.3. The Labute approximate surface area is 193 Å². The van der Waals surface area contributed by atoms with Crippen LogP contribution in [0.4, 0.5) is 16.3 Å². The fourth-order valence-electron chi connectivity index (χ4n) is 4.43. The highest BCUT2D eigenvalue weighted by Crippen LogP contribution is 2.50. The third-order valence-electron chi connectivity index (χ3n) is 5.91. The van der Waals surface area contributed by atoms with Crippen molar-refractivity contribution < 1.29 is 26.8 Å². The lowest BCUT2D eigenvalue weighted by Crippen LogP contribution is -3.12. The van der Waals surface area contributed by atoms with Crippen molar-refractivity contribution in [2.75, 3.05) is 31.1 Å². The molecule has 0 bridgehead atoms. The molecule has 1 fully saturated rings. The van der Waals surface area contributed by atoms with Gasteiger partial charge in [-0.2, -0.15) is 0 Å². The number of halogens is 1. The zero-order valence-corrected chi connectivity index (χ0v) is 18.9. The Hall–Kier alpha value is -2.28. The summed E-state index contributed by atoms with van der Waals surface area (Å²) in [4.78, 5) is 23.1. The molecule has 0 unspecified atom stereocenters. The molecule has 2 aromatic carbocycles. The number of amides is 1. The Morgan fingerprint density at radius 3 is 2.74 bits per heavy atom. The summed E-state index contributed by atoms with van der Waals surface area (Å²) in [6.07, 6.45) is 6.25. The highest BCUT2D eigenvalue weighted by atomic mass is 35.5. The van der Waals surface area contributed by atoms with Crippen LogP contribution in [0.3, 0.4) is 0 Å². The van der Waals surface area contributed by atoms with Crippen LogP contribution in [0.2, 0.25) is 0 Å². The Kier molecular flexibility index (Phi) is 7.00. The molecule has 2 aliphatic heterocycles. The number of carbonyl (C=O) groups excluding carboxylic acids is 1. The van der Waals surface area contributed by atoms with Crippen LogP contribution < -0.4 is 22.2 Å². The van der Waals surface area contributed by atoms with E-state index in [1.165, 1.54) is 32.4 Å². The average molecular weight is 456 g/mol. The fourth-order valence-corrected chi connectivity index (χ4v) is 5.48. The minimum Gasteiger partial charge on any atom is -1.00 e. The monoisotopic (exact) mass is 455 g/mol. The standard InChI is InChI=1S/C24H25N3O2S.ClH/c28-24(29-17-7-16-26-14-4-1-5-15-26)27-22-19-9-3-2-8-18(19)11-12-20(22)30-21-10-6-13-25-23(21)27;/h2-3,6,8-13H,1,4-5,7,14-17H2;1H. The zero-order valence-electron chi connectivity index (χ0n) is 17.4. The molecule has 1 saturated heterocycles. The van der Waals surface area contributed by atoms with E-state index in [-0.39, 0.29) is 18.5 Å². The number of nitrogens with zero attached hydrogens (tertiary/aromatic N) is 2. The van der Waals surface area contributed by atoms with Crippen LogP contribution in [0, 0.1) is 0 Å². The number of piperidine rings is 1. The maximum absolute atomic E-state index is 13.3. The van der Waals surface area contributed by atoms with Gasteiger partial charge in [0.15, 0.2) is 5.82 Å². The Bertz CT molecular complexity index is 1070. The van der Waals surface area contributed by atoms with Gasteiger partial charge < -0.3 is 22.0 Å². The summed E-state index contributed by atoms with van der Waals surface area (Å²) in [5.74, 6) is 0.651. The molecule has 0 aliphatic carbocycles. The predicted molar refractivity (Wildman–Crippen MR) is 120 cm³/mol. The van der Waals surface area contributed by atoms with Crippen LogP contribution in [0.15, 0.2) is 64.5 Å². The second kappa shape index (κ2) is 9.90. The number of carbonyl (C=O) groups is 1. The normalized spacial score (nSPS) is 15.7. The summed E-state index contributed by atoms with van der Waals surface area (Å²) >= 11 is 1.65. The van der Waals surface area contributed by atoms with Crippen molar-refractivity contribution in [1.82, 2.24) is 4.98 Å². The van der Waals surface area contributed by atoms with Gasteiger partial charge in [0.25, 0.3) is 0 Å². The van der Waals surface area contributed by atoms with Crippen molar-refractivity contribution in [3.8, 4) is 0 Å². The Morgan fingerprint density at radius 2 is 1.87 bits per heavy atom. The van der Waals surface area contributed by atoms with E-state index >= 15 is 0 Å². The molecule has 7 heteroatoms. The van der Waals surface area contributed by atoms with Crippen molar-refractivity contribution >= 4 is 40.1 Å². The summed E-state index contributed by atoms with van der Waals surface area (Å²) in [6.45, 7) is 3.99. The first-order chi connectivity index (χ1) is 14.8. The molecular weight excluding hydrogens is 430 g/mol. The van der Waals surface area contributed by atoms with Gasteiger partial charge in [-0.15, -0.1) is 0 Å². The van der Waals surface area contributed by atoms with Crippen LogP contribution in [0.1, 0.15) is 25.7 Å². The Balaban J connectivity index is 0.00000231. The molecule has 0 atom stereocenters. The topological polar surface area (TPSA) is 46.9 Å². The van der Waals surface area contributed by atoms with Crippen LogP contribution in [0.5, 0.6) is 0 Å². The number of aromatic nitrogens is 1. The summed E-state index contributed by atoms with van der Waals surface area (Å²) < 4.78 is 5.76. The van der Waals surface area contributed by atoms with Gasteiger partial charge in [0.1, 0.15) is 0 Å². The van der Waals surface area contributed by atoms with Crippen LogP contribution in [-0.2, 0) is 4.74 Å². The number of fused-ring (bicyclic) bond motifs is 4. The van der Waals surface area contributed by atoms with E-state index in [9.17, 15) is 4.79 Å². The lowest BCUT2D eigenvalue weighted by molar-refractivity contribution is -0.905. The summed E-state index contributed by atoms with van der Waals surface area (Å²) in [5.41, 5.74) is 0.871. The number of rotatable bonds is 4. The number of hydrogen-bond donors (Lipinski definition) is 1. The number of pyridine rings is 1. The second-order valence-electron chi connectivity index (χ2n) is 7.92. The van der Waals surface area contributed by atoms with E-state index in [4.69, 9.17) is 4.74 Å². The molecule has 1 aromatic heterocycles. The molecule has 5 nitrogen and oxygen atoms in total. The molecule has 1 N–H and O–H groups in total. The number of anilines is 2. The van der Waals surface area contributed by atoms with Crippen molar-refractivity contribution in [2.45, 2.75) is 35.5 Å². The van der Waals surface area contributed by atoms with Crippen LogP contribution in [0.25, 0.3) is 10.8 Å². The number of nitrogens with one attached hydrogen (secondary N) is 1. The highest BCUT2D eigenvalue weighted by Gasteiger charge is 2.32. The minimum atomic E-state index is -0.346. The molecule has 0 spiro atoms. The third kappa shape index (κ3) is 4.52. The second-order valence-corrected chi connectivity index (χ2v) is 9.01. The maximum atomic E-state index is 13.3. The molecule has 162 valence electrons. The molecule has 0 saturated carbocycles. The van der Waals surface area contributed by atoms with Gasteiger partial charge in [0, 0.05) is 22.9 Å². The molecule has 31 heavy (non-hydrogen) atoms. The van der Waals surface area contributed by atoms with Gasteiger partial charge in [0.2, 0.25) is 0 Å². The quantitative estimate of drug-likeness (QED) is 0.605. The van der Waals surface area contributed by atoms with E-state index in [2.05, 4.69) is 29.2 Å². The van der Waals surface area contributed by atoms with E-state index in [1.54, 1.807) is 27.8 Å². The van der Waals surface area contributed by atoms with Crippen molar-refractivity contribution in [3.05, 3.63) is 54.7 Å².